The van der Waals surface area contributed by atoms with E-state index >= 15 is 0 Å². The van der Waals surface area contributed by atoms with Crippen molar-refractivity contribution < 1.29 is 0 Å². The van der Waals surface area contributed by atoms with E-state index in [2.05, 4.69) is 35.3 Å². The van der Waals surface area contributed by atoms with E-state index in [0.29, 0.717) is 5.95 Å². The van der Waals surface area contributed by atoms with Gasteiger partial charge in [0.25, 0.3) is 0 Å². The van der Waals surface area contributed by atoms with E-state index in [1.54, 1.807) is 0 Å². The zero-order valence-electron chi connectivity index (χ0n) is 12.3. The summed E-state index contributed by atoms with van der Waals surface area (Å²) in [5.41, 5.74) is 0.796. The van der Waals surface area contributed by atoms with Gasteiger partial charge >= 0.3 is 0 Å². The Balaban J connectivity index is 1.54. The standard InChI is InChI=1S/C14H21N7/c1-15-14-17-12-11(8-16-19-12)13(18-14)21-6-4-20(5-7-21)9-10-2-3-10/h8,10H,2-7,9H2,1H3,(H2,15,16,17,18,19). The van der Waals surface area contributed by atoms with Crippen molar-refractivity contribution >= 4 is 22.8 Å². The molecule has 0 radical (unpaired) electrons. The Morgan fingerprint density at radius 3 is 2.76 bits per heavy atom. The number of nitrogens with zero attached hydrogens (tertiary/aromatic N) is 5. The molecule has 0 spiro atoms. The number of H-pyrrole nitrogens is 1. The molecule has 3 heterocycles. The molecule has 1 saturated carbocycles. The molecule has 7 heteroatoms. The van der Waals surface area contributed by atoms with Crippen LogP contribution in [0.2, 0.25) is 0 Å². The molecule has 1 aliphatic heterocycles. The van der Waals surface area contributed by atoms with E-state index < -0.39 is 0 Å². The van der Waals surface area contributed by atoms with E-state index in [0.717, 1.165) is 48.9 Å². The SMILES string of the molecule is CNc1nc(N2CCN(CC3CC3)CC2)c2cn[nH]c2n1. The summed E-state index contributed by atoms with van der Waals surface area (Å²) in [5, 5.41) is 11.1. The van der Waals surface area contributed by atoms with E-state index in [9.17, 15) is 0 Å². The van der Waals surface area contributed by atoms with Crippen molar-refractivity contribution in [3.63, 3.8) is 0 Å². The Kier molecular flexibility index (Phi) is 3.14. The van der Waals surface area contributed by atoms with Gasteiger partial charge in [0, 0.05) is 39.8 Å². The topological polar surface area (TPSA) is 73.0 Å². The van der Waals surface area contributed by atoms with Crippen LogP contribution >= 0.6 is 0 Å². The molecule has 21 heavy (non-hydrogen) atoms. The van der Waals surface area contributed by atoms with Crippen LogP contribution in [0, 0.1) is 5.92 Å². The second-order valence-corrected chi connectivity index (χ2v) is 5.98. The van der Waals surface area contributed by atoms with Crippen LogP contribution in [0.5, 0.6) is 0 Å². The molecule has 0 amide bonds. The maximum Gasteiger partial charge on any atom is 0.226 e. The van der Waals surface area contributed by atoms with Crippen LogP contribution in [-0.2, 0) is 0 Å². The average Bonchev–Trinajstić information content (AvgIpc) is 3.21. The number of piperazine rings is 1. The third-order valence-corrected chi connectivity index (χ3v) is 4.40. The summed E-state index contributed by atoms with van der Waals surface area (Å²) >= 11 is 0. The van der Waals surface area contributed by atoms with Gasteiger partial charge in [-0.3, -0.25) is 10.00 Å². The molecule has 2 aliphatic rings. The van der Waals surface area contributed by atoms with Crippen LogP contribution in [0.1, 0.15) is 12.8 Å². The van der Waals surface area contributed by atoms with Crippen molar-refractivity contribution in [3.8, 4) is 0 Å². The fourth-order valence-corrected chi connectivity index (χ4v) is 2.98. The summed E-state index contributed by atoms with van der Waals surface area (Å²) in [6.45, 7) is 5.56. The number of rotatable bonds is 4. The molecule has 0 aromatic carbocycles. The smallest absolute Gasteiger partial charge is 0.226 e. The molecular formula is C14H21N7. The van der Waals surface area contributed by atoms with Crippen LogP contribution in [0.15, 0.2) is 6.20 Å². The predicted molar refractivity (Wildman–Crippen MR) is 82.6 cm³/mol. The Hall–Kier alpha value is -1.89. The summed E-state index contributed by atoms with van der Waals surface area (Å²) in [7, 11) is 1.84. The fourth-order valence-electron chi connectivity index (χ4n) is 2.98. The molecule has 112 valence electrons. The van der Waals surface area contributed by atoms with Gasteiger partial charge in [0.05, 0.1) is 11.6 Å². The van der Waals surface area contributed by atoms with Gasteiger partial charge in [-0.15, -0.1) is 0 Å². The van der Waals surface area contributed by atoms with Crippen LogP contribution in [-0.4, -0.2) is 64.8 Å². The molecular weight excluding hydrogens is 266 g/mol. The minimum Gasteiger partial charge on any atom is -0.357 e. The van der Waals surface area contributed by atoms with Gasteiger partial charge in [0.15, 0.2) is 5.65 Å². The van der Waals surface area contributed by atoms with E-state index in [1.807, 2.05) is 13.2 Å². The lowest BCUT2D eigenvalue weighted by Crippen LogP contribution is -2.47. The Morgan fingerprint density at radius 2 is 2.05 bits per heavy atom. The Morgan fingerprint density at radius 1 is 1.24 bits per heavy atom. The molecule has 2 aromatic heterocycles. The highest BCUT2D eigenvalue weighted by molar-refractivity contribution is 5.87. The molecule has 4 rings (SSSR count). The number of hydrogen-bond donors (Lipinski definition) is 2. The van der Waals surface area contributed by atoms with Crippen LogP contribution in [0.3, 0.4) is 0 Å². The number of aromatic amines is 1. The minimum absolute atomic E-state index is 0.641. The van der Waals surface area contributed by atoms with Gasteiger partial charge < -0.3 is 10.2 Å². The highest BCUT2D eigenvalue weighted by Crippen LogP contribution is 2.30. The van der Waals surface area contributed by atoms with Crippen molar-refractivity contribution in [2.75, 3.05) is 50.0 Å². The van der Waals surface area contributed by atoms with Gasteiger partial charge in [-0.1, -0.05) is 0 Å². The zero-order chi connectivity index (χ0) is 14.2. The summed E-state index contributed by atoms with van der Waals surface area (Å²) in [4.78, 5) is 14.0. The van der Waals surface area contributed by atoms with Crippen molar-refractivity contribution in [3.05, 3.63) is 6.20 Å². The monoisotopic (exact) mass is 287 g/mol. The number of hydrogen-bond acceptors (Lipinski definition) is 6. The molecule has 0 unspecified atom stereocenters. The van der Waals surface area contributed by atoms with Crippen LogP contribution in [0.4, 0.5) is 11.8 Å². The largest absolute Gasteiger partial charge is 0.357 e. The van der Waals surface area contributed by atoms with Gasteiger partial charge in [-0.25, -0.2) is 0 Å². The fraction of sp³-hybridized carbons (Fsp3) is 0.643. The Bertz CT molecular complexity index is 625. The van der Waals surface area contributed by atoms with Crippen molar-refractivity contribution in [2.45, 2.75) is 12.8 Å². The average molecular weight is 287 g/mol. The second kappa shape index (κ2) is 5.14. The number of aromatic nitrogens is 4. The lowest BCUT2D eigenvalue weighted by atomic mass is 10.2. The lowest BCUT2D eigenvalue weighted by Gasteiger charge is -2.35. The molecule has 2 fully saturated rings. The van der Waals surface area contributed by atoms with Crippen molar-refractivity contribution in [1.82, 2.24) is 25.1 Å². The molecule has 0 atom stereocenters. The minimum atomic E-state index is 0.641. The molecule has 1 aliphatic carbocycles. The summed E-state index contributed by atoms with van der Waals surface area (Å²) in [6, 6.07) is 0. The second-order valence-electron chi connectivity index (χ2n) is 5.98. The molecule has 2 N–H and O–H groups in total. The molecule has 7 nitrogen and oxygen atoms in total. The number of fused-ring (bicyclic) bond motifs is 1. The summed E-state index contributed by atoms with van der Waals surface area (Å²) in [6.07, 6.45) is 4.67. The van der Waals surface area contributed by atoms with E-state index in [1.165, 1.54) is 19.4 Å². The molecule has 1 saturated heterocycles. The molecule has 2 aromatic rings. The highest BCUT2D eigenvalue weighted by Gasteiger charge is 2.27. The van der Waals surface area contributed by atoms with E-state index in [-0.39, 0.29) is 0 Å². The normalized spacial score (nSPS) is 20.1. The first-order valence-electron chi connectivity index (χ1n) is 7.69. The zero-order valence-corrected chi connectivity index (χ0v) is 12.3. The Labute approximate surface area is 123 Å². The van der Waals surface area contributed by atoms with Crippen LogP contribution < -0.4 is 10.2 Å². The van der Waals surface area contributed by atoms with Gasteiger partial charge in [0.2, 0.25) is 5.95 Å². The maximum atomic E-state index is 4.64. The highest BCUT2D eigenvalue weighted by atomic mass is 15.3. The molecule has 0 bridgehead atoms. The van der Waals surface area contributed by atoms with Crippen molar-refractivity contribution in [1.29, 1.82) is 0 Å². The van der Waals surface area contributed by atoms with Gasteiger partial charge in [0.1, 0.15) is 5.82 Å². The van der Waals surface area contributed by atoms with Crippen LogP contribution in [0.25, 0.3) is 11.0 Å². The first-order chi connectivity index (χ1) is 10.3. The van der Waals surface area contributed by atoms with E-state index in [4.69, 9.17) is 0 Å². The number of anilines is 2. The van der Waals surface area contributed by atoms with Gasteiger partial charge in [-0.2, -0.15) is 15.1 Å². The van der Waals surface area contributed by atoms with Crippen molar-refractivity contribution in [2.24, 2.45) is 5.92 Å². The lowest BCUT2D eigenvalue weighted by molar-refractivity contribution is 0.248. The predicted octanol–water partition coefficient (Wildman–Crippen LogP) is 0.927. The third-order valence-electron chi connectivity index (χ3n) is 4.40. The number of nitrogens with one attached hydrogen (secondary N) is 2. The summed E-state index contributed by atoms with van der Waals surface area (Å²) < 4.78 is 0. The quantitative estimate of drug-likeness (QED) is 0.871. The first-order valence-corrected chi connectivity index (χ1v) is 7.69. The summed E-state index contributed by atoms with van der Waals surface area (Å²) in [5.74, 6) is 2.60. The maximum absolute atomic E-state index is 4.64. The van der Waals surface area contributed by atoms with Gasteiger partial charge in [-0.05, 0) is 18.8 Å². The third kappa shape index (κ3) is 2.53. The first kappa shape index (κ1) is 12.8.